The van der Waals surface area contributed by atoms with E-state index in [0.717, 1.165) is 11.3 Å². The molecule has 0 aliphatic carbocycles. The average molecular weight is 380 g/mol. The lowest BCUT2D eigenvalue weighted by molar-refractivity contribution is -0.141. The second kappa shape index (κ2) is 7.96. The van der Waals surface area contributed by atoms with Gasteiger partial charge in [0.2, 0.25) is 11.8 Å². The van der Waals surface area contributed by atoms with Gasteiger partial charge in [-0.05, 0) is 25.3 Å². The predicted octanol–water partition coefficient (Wildman–Crippen LogP) is 1.60. The van der Waals surface area contributed by atoms with Gasteiger partial charge < -0.3 is 10.2 Å². The van der Waals surface area contributed by atoms with Crippen molar-refractivity contribution in [2.45, 2.75) is 31.7 Å². The van der Waals surface area contributed by atoms with E-state index in [-0.39, 0.29) is 35.8 Å². The summed E-state index contributed by atoms with van der Waals surface area (Å²) in [6.45, 7) is 1.74. The van der Waals surface area contributed by atoms with Crippen molar-refractivity contribution in [2.75, 3.05) is 19.6 Å². The average Bonchev–Trinajstić information content (AvgIpc) is 2.74. The van der Waals surface area contributed by atoms with E-state index in [0.29, 0.717) is 38.9 Å². The third-order valence-corrected chi connectivity index (χ3v) is 5.61. The van der Waals surface area contributed by atoms with Gasteiger partial charge in [0, 0.05) is 43.6 Å². The number of likely N-dealkylation sites (tertiary alicyclic amines) is 1. The molecular weight excluding hydrogens is 356 g/mol. The number of piperidine rings is 2. The van der Waals surface area contributed by atoms with E-state index in [2.05, 4.69) is 10.4 Å². The molecule has 2 aliphatic heterocycles. The largest absolute Gasteiger partial charge is 0.356 e. The standard InChI is InChI=1S/C21H24N4O3/c26-19-14-16(8-11-22-19)21(28)24-12-9-17(10-13-24)25-20(27)7-6-18(23-25)15-4-2-1-3-5-15/h1-7,16-17H,8-14H2,(H,22,26). The molecule has 1 N–H and O–H groups in total. The Morgan fingerprint density at radius 2 is 1.75 bits per heavy atom. The van der Waals surface area contributed by atoms with Crippen LogP contribution in [-0.4, -0.2) is 46.1 Å². The van der Waals surface area contributed by atoms with Crippen molar-refractivity contribution in [1.82, 2.24) is 20.0 Å². The zero-order valence-electron chi connectivity index (χ0n) is 15.7. The normalized spacial score (nSPS) is 20.6. The van der Waals surface area contributed by atoms with Gasteiger partial charge in [-0.1, -0.05) is 30.3 Å². The Kier molecular flexibility index (Phi) is 5.23. The first-order valence-electron chi connectivity index (χ1n) is 9.82. The zero-order chi connectivity index (χ0) is 19.5. The molecule has 3 heterocycles. The van der Waals surface area contributed by atoms with E-state index < -0.39 is 0 Å². The van der Waals surface area contributed by atoms with Crippen molar-refractivity contribution in [1.29, 1.82) is 0 Å². The van der Waals surface area contributed by atoms with Crippen LogP contribution in [0.5, 0.6) is 0 Å². The molecule has 2 saturated heterocycles. The van der Waals surface area contributed by atoms with Crippen LogP contribution in [0.15, 0.2) is 47.3 Å². The molecule has 7 nitrogen and oxygen atoms in total. The number of rotatable bonds is 3. The molecule has 0 bridgehead atoms. The maximum Gasteiger partial charge on any atom is 0.267 e. The molecule has 0 spiro atoms. The van der Waals surface area contributed by atoms with Crippen LogP contribution in [0.3, 0.4) is 0 Å². The molecule has 1 aromatic heterocycles. The second-order valence-electron chi connectivity index (χ2n) is 7.46. The summed E-state index contributed by atoms with van der Waals surface area (Å²) in [7, 11) is 0. The topological polar surface area (TPSA) is 84.3 Å². The summed E-state index contributed by atoms with van der Waals surface area (Å²) in [5, 5.41) is 7.35. The fourth-order valence-electron chi connectivity index (χ4n) is 4.03. The minimum atomic E-state index is -0.215. The number of amides is 2. The molecule has 2 aliphatic rings. The van der Waals surface area contributed by atoms with Crippen molar-refractivity contribution in [3.63, 3.8) is 0 Å². The first-order chi connectivity index (χ1) is 13.6. The third kappa shape index (κ3) is 3.83. The monoisotopic (exact) mass is 380 g/mol. The molecule has 146 valence electrons. The van der Waals surface area contributed by atoms with E-state index in [1.165, 1.54) is 0 Å². The van der Waals surface area contributed by atoms with Crippen molar-refractivity contribution in [3.8, 4) is 11.3 Å². The highest BCUT2D eigenvalue weighted by Crippen LogP contribution is 2.25. The van der Waals surface area contributed by atoms with Gasteiger partial charge in [-0.25, -0.2) is 4.68 Å². The van der Waals surface area contributed by atoms with Gasteiger partial charge in [-0.3, -0.25) is 14.4 Å². The van der Waals surface area contributed by atoms with Crippen LogP contribution < -0.4 is 10.9 Å². The molecule has 1 unspecified atom stereocenters. The summed E-state index contributed by atoms with van der Waals surface area (Å²) in [5.74, 6) is -0.202. The Morgan fingerprint density at radius 1 is 1.00 bits per heavy atom. The summed E-state index contributed by atoms with van der Waals surface area (Å²) in [5.41, 5.74) is 1.62. The van der Waals surface area contributed by atoms with Crippen molar-refractivity contribution < 1.29 is 9.59 Å². The lowest BCUT2D eigenvalue weighted by Gasteiger charge is -2.35. The van der Waals surface area contributed by atoms with Crippen LogP contribution in [-0.2, 0) is 9.59 Å². The van der Waals surface area contributed by atoms with E-state index in [1.54, 1.807) is 16.8 Å². The molecule has 0 saturated carbocycles. The van der Waals surface area contributed by atoms with Gasteiger partial charge in [0.1, 0.15) is 0 Å². The van der Waals surface area contributed by atoms with E-state index in [9.17, 15) is 14.4 Å². The molecule has 1 atom stereocenters. The maximum atomic E-state index is 12.7. The van der Waals surface area contributed by atoms with Gasteiger partial charge in [0.25, 0.3) is 5.56 Å². The number of hydrogen-bond acceptors (Lipinski definition) is 4. The fraction of sp³-hybridized carbons (Fsp3) is 0.429. The number of benzene rings is 1. The van der Waals surface area contributed by atoms with Crippen LogP contribution in [0.4, 0.5) is 0 Å². The molecule has 2 aromatic rings. The Balaban J connectivity index is 1.44. The van der Waals surface area contributed by atoms with E-state index in [1.807, 2.05) is 35.2 Å². The van der Waals surface area contributed by atoms with Crippen molar-refractivity contribution in [2.24, 2.45) is 5.92 Å². The summed E-state index contributed by atoms with van der Waals surface area (Å²) in [6, 6.07) is 13.1. The highest BCUT2D eigenvalue weighted by atomic mass is 16.2. The number of carbonyl (C=O) groups is 2. The van der Waals surface area contributed by atoms with Gasteiger partial charge in [-0.15, -0.1) is 0 Å². The quantitative estimate of drug-likeness (QED) is 0.877. The molecule has 1 aromatic carbocycles. The molecule has 2 amide bonds. The highest BCUT2D eigenvalue weighted by Gasteiger charge is 2.32. The smallest absolute Gasteiger partial charge is 0.267 e. The summed E-state index contributed by atoms with van der Waals surface area (Å²) in [4.78, 5) is 38.5. The van der Waals surface area contributed by atoms with Crippen molar-refractivity contribution in [3.05, 3.63) is 52.8 Å². The Labute approximate surface area is 163 Å². The fourth-order valence-corrected chi connectivity index (χ4v) is 4.03. The van der Waals surface area contributed by atoms with Crippen LogP contribution >= 0.6 is 0 Å². The van der Waals surface area contributed by atoms with Crippen LogP contribution in [0.2, 0.25) is 0 Å². The molecule has 28 heavy (non-hydrogen) atoms. The number of nitrogens with zero attached hydrogens (tertiary/aromatic N) is 3. The van der Waals surface area contributed by atoms with E-state index in [4.69, 9.17) is 0 Å². The first-order valence-corrected chi connectivity index (χ1v) is 9.82. The zero-order valence-corrected chi connectivity index (χ0v) is 15.7. The molecular formula is C21H24N4O3. The minimum absolute atomic E-state index is 0.0186. The summed E-state index contributed by atoms with van der Waals surface area (Å²) in [6.07, 6.45) is 2.36. The highest BCUT2D eigenvalue weighted by molar-refractivity contribution is 5.87. The molecule has 0 radical (unpaired) electrons. The van der Waals surface area contributed by atoms with Gasteiger partial charge >= 0.3 is 0 Å². The van der Waals surface area contributed by atoms with Crippen LogP contribution in [0.1, 0.15) is 31.7 Å². The lowest BCUT2D eigenvalue weighted by Crippen LogP contribution is -2.46. The van der Waals surface area contributed by atoms with Gasteiger partial charge in [0.05, 0.1) is 11.7 Å². The molecule has 7 heteroatoms. The first kappa shape index (κ1) is 18.4. The lowest BCUT2D eigenvalue weighted by atomic mass is 9.94. The number of carbonyl (C=O) groups excluding carboxylic acids is 2. The Hall–Kier alpha value is -2.96. The van der Waals surface area contributed by atoms with Gasteiger partial charge in [0.15, 0.2) is 0 Å². The Bertz CT molecular complexity index is 917. The molecule has 4 rings (SSSR count). The summed E-state index contributed by atoms with van der Waals surface area (Å²) < 4.78 is 1.57. The Morgan fingerprint density at radius 3 is 2.46 bits per heavy atom. The van der Waals surface area contributed by atoms with E-state index >= 15 is 0 Å². The maximum absolute atomic E-state index is 12.7. The SMILES string of the molecule is O=C1CC(C(=O)N2CCC(n3nc(-c4ccccc4)ccc3=O)CC2)CCN1. The summed E-state index contributed by atoms with van der Waals surface area (Å²) >= 11 is 0. The minimum Gasteiger partial charge on any atom is -0.356 e. The number of aromatic nitrogens is 2. The van der Waals surface area contributed by atoms with Crippen LogP contribution in [0.25, 0.3) is 11.3 Å². The number of hydrogen-bond donors (Lipinski definition) is 1. The van der Waals surface area contributed by atoms with Crippen molar-refractivity contribution >= 4 is 11.8 Å². The second-order valence-corrected chi connectivity index (χ2v) is 7.46. The third-order valence-electron chi connectivity index (χ3n) is 5.61. The number of nitrogens with one attached hydrogen (secondary N) is 1. The molecule has 2 fully saturated rings. The van der Waals surface area contributed by atoms with Gasteiger partial charge in [-0.2, -0.15) is 5.10 Å². The predicted molar refractivity (Wildman–Crippen MR) is 105 cm³/mol. The van der Waals surface area contributed by atoms with Crippen LogP contribution in [0, 0.1) is 5.92 Å².